The molecule has 6 aromatic rings. The maximum Gasteiger partial charge on any atom is 0.326 e. The second-order valence-corrected chi connectivity index (χ2v) is 12.8. The molecule has 0 radical (unpaired) electrons. The number of H-pyrrole nitrogens is 3. The van der Waals surface area contributed by atoms with Gasteiger partial charge in [0.05, 0.1) is 6.04 Å². The highest BCUT2D eigenvalue weighted by Crippen LogP contribution is 2.22. The van der Waals surface area contributed by atoms with Gasteiger partial charge in [-0.3, -0.25) is 19.2 Å². The molecular weight excluding hydrogens is 664 g/mol. The number of aromatic amines is 3. The van der Waals surface area contributed by atoms with Gasteiger partial charge < -0.3 is 47.5 Å². The second-order valence-electron chi connectivity index (χ2n) is 12.8. The van der Waals surface area contributed by atoms with Crippen LogP contribution in [0.3, 0.4) is 0 Å². The number of rotatable bonds is 16. The number of para-hydroxylation sites is 3. The number of carbonyl (C=O) groups is 5. The first-order valence-corrected chi connectivity index (χ1v) is 16.9. The maximum atomic E-state index is 14.2. The van der Waals surface area contributed by atoms with E-state index in [2.05, 4.69) is 30.9 Å². The van der Waals surface area contributed by atoms with Crippen molar-refractivity contribution in [3.63, 3.8) is 0 Å². The smallest absolute Gasteiger partial charge is 0.326 e. The van der Waals surface area contributed by atoms with Crippen LogP contribution in [0.5, 0.6) is 0 Å². The minimum Gasteiger partial charge on any atom is -0.480 e. The Hall–Kier alpha value is -6.41. The highest BCUT2D eigenvalue weighted by atomic mass is 16.4. The molecule has 52 heavy (non-hydrogen) atoms. The first kappa shape index (κ1) is 35.4. The summed E-state index contributed by atoms with van der Waals surface area (Å²) in [7, 11) is 0. The number of benzene rings is 3. The number of aliphatic carboxylic acids is 1. The van der Waals surface area contributed by atoms with E-state index in [9.17, 15) is 29.1 Å². The third kappa shape index (κ3) is 8.13. The molecule has 268 valence electrons. The van der Waals surface area contributed by atoms with Crippen LogP contribution in [0.15, 0.2) is 91.4 Å². The van der Waals surface area contributed by atoms with E-state index in [0.29, 0.717) is 11.1 Å². The van der Waals surface area contributed by atoms with Crippen molar-refractivity contribution in [3.05, 3.63) is 108 Å². The molecule has 6 rings (SSSR count). The Morgan fingerprint density at radius 2 is 0.942 bits per heavy atom. The average molecular weight is 705 g/mol. The van der Waals surface area contributed by atoms with Crippen LogP contribution in [0.1, 0.15) is 29.5 Å². The Labute approximate surface area is 297 Å². The standard InChI is InChI=1S/C38H40N8O6/c39-27(13-14-34(40)47)35(48)44-31(15-21-18-41-28-10-4-1-7-24(21)28)36(49)45-32(16-22-19-42-29-11-5-2-8-25(22)29)37(50)46-33(38(51)52)17-23-20-43-30-12-6-3-9-26(23)30/h1-12,18-20,27,31-33,41-43H,13-17,39H2,(H2,40,47)(H,44,48)(H,45,49)(H,46,50)(H,51,52). The topological polar surface area (TPSA) is 241 Å². The molecule has 3 aromatic heterocycles. The molecule has 0 bridgehead atoms. The highest BCUT2D eigenvalue weighted by Gasteiger charge is 2.32. The van der Waals surface area contributed by atoms with E-state index in [1.807, 2.05) is 72.8 Å². The van der Waals surface area contributed by atoms with Crippen molar-refractivity contribution in [1.29, 1.82) is 0 Å². The fraction of sp³-hybridized carbons (Fsp3) is 0.237. The van der Waals surface area contributed by atoms with Gasteiger partial charge in [-0.05, 0) is 41.3 Å². The Morgan fingerprint density at radius 1 is 0.577 bits per heavy atom. The summed E-state index contributed by atoms with van der Waals surface area (Å²) in [5.41, 5.74) is 15.9. The quantitative estimate of drug-likeness (QED) is 0.0727. The van der Waals surface area contributed by atoms with Crippen molar-refractivity contribution in [1.82, 2.24) is 30.9 Å². The number of carbonyl (C=O) groups excluding carboxylic acids is 4. The summed E-state index contributed by atoms with van der Waals surface area (Å²) >= 11 is 0. The van der Waals surface area contributed by atoms with Crippen LogP contribution < -0.4 is 27.4 Å². The molecule has 4 unspecified atom stereocenters. The van der Waals surface area contributed by atoms with Gasteiger partial charge in [0, 0.05) is 77.0 Å². The Balaban J connectivity index is 1.28. The number of hydrogen-bond donors (Lipinski definition) is 9. The maximum absolute atomic E-state index is 14.2. The van der Waals surface area contributed by atoms with Gasteiger partial charge in [0.1, 0.15) is 18.1 Å². The van der Waals surface area contributed by atoms with Gasteiger partial charge in [-0.15, -0.1) is 0 Å². The molecular formula is C38H40N8O6. The van der Waals surface area contributed by atoms with E-state index in [1.54, 1.807) is 18.6 Å². The molecule has 0 saturated heterocycles. The van der Waals surface area contributed by atoms with Crippen molar-refractivity contribution in [2.75, 3.05) is 0 Å². The van der Waals surface area contributed by atoms with Crippen LogP contribution in [0.4, 0.5) is 0 Å². The summed E-state index contributed by atoms with van der Waals surface area (Å²) in [5.74, 6) is -3.95. The van der Waals surface area contributed by atoms with E-state index >= 15 is 0 Å². The number of aromatic nitrogens is 3. The normalized spacial score (nSPS) is 13.7. The number of amides is 4. The van der Waals surface area contributed by atoms with Gasteiger partial charge in [-0.25, -0.2) is 4.79 Å². The largest absolute Gasteiger partial charge is 0.480 e. The molecule has 0 aliphatic heterocycles. The molecule has 0 aliphatic rings. The molecule has 3 heterocycles. The fourth-order valence-electron chi connectivity index (χ4n) is 6.43. The summed E-state index contributed by atoms with van der Waals surface area (Å²) in [6, 6.07) is 17.5. The number of primary amides is 1. The zero-order chi connectivity index (χ0) is 36.8. The van der Waals surface area contributed by atoms with E-state index in [4.69, 9.17) is 11.5 Å². The minimum absolute atomic E-state index is 0.00683. The van der Waals surface area contributed by atoms with E-state index in [0.717, 1.165) is 38.3 Å². The zero-order valence-corrected chi connectivity index (χ0v) is 28.1. The van der Waals surface area contributed by atoms with Crippen LogP contribution >= 0.6 is 0 Å². The van der Waals surface area contributed by atoms with Crippen LogP contribution in [0.2, 0.25) is 0 Å². The monoisotopic (exact) mass is 704 g/mol. The number of nitrogens with two attached hydrogens (primary N) is 2. The molecule has 0 fully saturated rings. The first-order valence-electron chi connectivity index (χ1n) is 16.9. The fourth-order valence-corrected chi connectivity index (χ4v) is 6.43. The molecule has 4 atom stereocenters. The summed E-state index contributed by atoms with van der Waals surface area (Å²) in [6.07, 6.45) is 5.07. The SMILES string of the molecule is NC(=O)CCC(N)C(=O)NC(Cc1c[nH]c2ccccc12)C(=O)NC(Cc1c[nH]c2ccccc12)C(=O)NC(Cc1c[nH]c2ccccc12)C(=O)O. The van der Waals surface area contributed by atoms with Crippen molar-refractivity contribution in [2.24, 2.45) is 11.5 Å². The summed E-state index contributed by atoms with van der Waals surface area (Å²) in [6.45, 7) is 0. The highest BCUT2D eigenvalue weighted by molar-refractivity contribution is 5.96. The Bertz CT molecular complexity index is 2250. The summed E-state index contributed by atoms with van der Waals surface area (Å²) < 4.78 is 0. The number of nitrogens with one attached hydrogen (secondary N) is 6. The zero-order valence-electron chi connectivity index (χ0n) is 28.1. The lowest BCUT2D eigenvalue weighted by molar-refractivity contribution is -0.142. The summed E-state index contributed by atoms with van der Waals surface area (Å²) in [4.78, 5) is 74.8. The average Bonchev–Trinajstić information content (AvgIpc) is 3.87. The first-order chi connectivity index (χ1) is 25.1. The molecule has 0 saturated carbocycles. The lowest BCUT2D eigenvalue weighted by atomic mass is 10.00. The van der Waals surface area contributed by atoms with Crippen LogP contribution in [-0.4, -0.2) is 73.8 Å². The molecule has 11 N–H and O–H groups in total. The van der Waals surface area contributed by atoms with E-state index < -0.39 is 53.8 Å². The number of carboxylic acids is 1. The molecule has 14 nitrogen and oxygen atoms in total. The van der Waals surface area contributed by atoms with E-state index in [1.165, 1.54) is 0 Å². The predicted octanol–water partition coefficient (Wildman–Crippen LogP) is 2.29. The van der Waals surface area contributed by atoms with Crippen molar-refractivity contribution in [3.8, 4) is 0 Å². The summed E-state index contributed by atoms with van der Waals surface area (Å²) in [5, 5.41) is 20.8. The Kier molecular flexibility index (Phi) is 10.7. The lowest BCUT2D eigenvalue weighted by Gasteiger charge is -2.25. The third-order valence-electron chi connectivity index (χ3n) is 9.22. The van der Waals surface area contributed by atoms with E-state index in [-0.39, 0.29) is 32.1 Å². The number of hydrogen-bond acceptors (Lipinski definition) is 6. The molecule has 4 amide bonds. The van der Waals surface area contributed by atoms with Gasteiger partial charge in [0.15, 0.2) is 0 Å². The molecule has 3 aromatic carbocycles. The van der Waals surface area contributed by atoms with Crippen LogP contribution in [-0.2, 0) is 43.2 Å². The third-order valence-corrected chi connectivity index (χ3v) is 9.22. The van der Waals surface area contributed by atoms with Gasteiger partial charge in [-0.2, -0.15) is 0 Å². The van der Waals surface area contributed by atoms with Gasteiger partial charge in [-0.1, -0.05) is 54.6 Å². The van der Waals surface area contributed by atoms with Crippen LogP contribution in [0.25, 0.3) is 32.7 Å². The second kappa shape index (κ2) is 15.6. The molecule has 0 aliphatic carbocycles. The van der Waals surface area contributed by atoms with Crippen molar-refractivity contribution >= 4 is 62.3 Å². The molecule has 0 spiro atoms. The minimum atomic E-state index is -1.32. The number of fused-ring (bicyclic) bond motifs is 3. The number of carboxylic acid groups (broad SMARTS) is 1. The predicted molar refractivity (Wildman–Crippen MR) is 196 cm³/mol. The van der Waals surface area contributed by atoms with Gasteiger partial charge in [0.2, 0.25) is 23.6 Å². The molecule has 14 heteroatoms. The van der Waals surface area contributed by atoms with Crippen molar-refractivity contribution < 1.29 is 29.1 Å². The van der Waals surface area contributed by atoms with Crippen LogP contribution in [0, 0.1) is 0 Å². The van der Waals surface area contributed by atoms with Gasteiger partial charge >= 0.3 is 5.97 Å². The lowest BCUT2D eigenvalue weighted by Crippen LogP contribution is -2.58. The van der Waals surface area contributed by atoms with Gasteiger partial charge in [0.25, 0.3) is 0 Å². The van der Waals surface area contributed by atoms with Crippen molar-refractivity contribution in [2.45, 2.75) is 56.3 Å². The Morgan fingerprint density at radius 3 is 1.35 bits per heavy atom.